The molecule has 0 saturated carbocycles. The lowest BCUT2D eigenvalue weighted by molar-refractivity contribution is 0.0949. The predicted octanol–water partition coefficient (Wildman–Crippen LogP) is 1.11. The summed E-state index contributed by atoms with van der Waals surface area (Å²) in [6.45, 7) is 5.87. The molecule has 0 aromatic heterocycles. The maximum atomic E-state index is 12.1. The van der Waals surface area contributed by atoms with Crippen LogP contribution in [0.3, 0.4) is 0 Å². The highest BCUT2D eigenvalue weighted by Crippen LogP contribution is 2.14. The van der Waals surface area contributed by atoms with E-state index in [-0.39, 0.29) is 5.91 Å². The number of benzene rings is 1. The van der Waals surface area contributed by atoms with Gasteiger partial charge in [0.15, 0.2) is 0 Å². The normalized spacial score (nSPS) is 15.5. The van der Waals surface area contributed by atoms with Gasteiger partial charge in [0.05, 0.1) is 0 Å². The summed E-state index contributed by atoms with van der Waals surface area (Å²) in [6, 6.07) is 5.48. The van der Waals surface area contributed by atoms with Gasteiger partial charge in [0.1, 0.15) is 0 Å². The van der Waals surface area contributed by atoms with Crippen molar-refractivity contribution in [2.75, 3.05) is 31.6 Å². The Bertz CT molecular complexity index is 441. The molecule has 0 atom stereocenters. The second-order valence-electron chi connectivity index (χ2n) is 4.98. The highest BCUT2D eigenvalue weighted by Gasteiger charge is 2.12. The van der Waals surface area contributed by atoms with Gasteiger partial charge >= 0.3 is 0 Å². The third kappa shape index (κ3) is 3.68. The molecule has 0 bridgehead atoms. The Balaban J connectivity index is 1.85. The van der Waals surface area contributed by atoms with E-state index in [1.54, 1.807) is 6.07 Å². The molecule has 104 valence electrons. The number of rotatable bonds is 5. The van der Waals surface area contributed by atoms with Crippen molar-refractivity contribution >= 4 is 11.6 Å². The van der Waals surface area contributed by atoms with Gasteiger partial charge in [-0.1, -0.05) is 0 Å². The van der Waals surface area contributed by atoms with Crippen LogP contribution >= 0.6 is 0 Å². The molecule has 0 spiro atoms. The molecule has 4 N–H and O–H groups in total. The molecule has 1 aliphatic heterocycles. The average molecular weight is 262 g/mol. The monoisotopic (exact) mass is 262 g/mol. The standard InChI is InChI=1S/C14H22N4O/c1-11-10-12(17-15)4-5-13(11)14(19)16-6-9-18-7-2-3-8-18/h4-5,10,17H,2-3,6-9,15H2,1H3,(H,16,19). The van der Waals surface area contributed by atoms with Gasteiger partial charge in [-0.2, -0.15) is 0 Å². The number of nitrogens with zero attached hydrogens (tertiary/aromatic N) is 1. The van der Waals surface area contributed by atoms with Gasteiger partial charge < -0.3 is 15.6 Å². The molecule has 1 aromatic carbocycles. The van der Waals surface area contributed by atoms with Crippen molar-refractivity contribution in [2.45, 2.75) is 19.8 Å². The fourth-order valence-corrected chi connectivity index (χ4v) is 2.44. The second-order valence-corrected chi connectivity index (χ2v) is 4.98. The van der Waals surface area contributed by atoms with Gasteiger partial charge in [0, 0.05) is 24.3 Å². The number of hydrogen-bond donors (Lipinski definition) is 3. The molecule has 1 saturated heterocycles. The molecule has 5 nitrogen and oxygen atoms in total. The molecule has 0 radical (unpaired) electrons. The van der Waals surface area contributed by atoms with Gasteiger partial charge in [-0.3, -0.25) is 10.6 Å². The van der Waals surface area contributed by atoms with Crippen molar-refractivity contribution in [3.63, 3.8) is 0 Å². The summed E-state index contributed by atoms with van der Waals surface area (Å²) in [5.74, 6) is 5.33. The summed E-state index contributed by atoms with van der Waals surface area (Å²) in [5.41, 5.74) is 5.02. The van der Waals surface area contributed by atoms with E-state index in [1.165, 1.54) is 12.8 Å². The van der Waals surface area contributed by atoms with Crippen LogP contribution in [0, 0.1) is 6.92 Å². The molecular formula is C14H22N4O. The average Bonchev–Trinajstić information content (AvgIpc) is 2.91. The Morgan fingerprint density at radius 1 is 1.37 bits per heavy atom. The van der Waals surface area contributed by atoms with E-state index in [1.807, 2.05) is 19.1 Å². The Morgan fingerprint density at radius 3 is 2.74 bits per heavy atom. The molecule has 2 rings (SSSR count). The maximum Gasteiger partial charge on any atom is 0.251 e. The molecule has 1 aliphatic rings. The Kier molecular flexibility index (Phi) is 4.76. The van der Waals surface area contributed by atoms with Gasteiger partial charge in [-0.15, -0.1) is 0 Å². The number of aryl methyl sites for hydroxylation is 1. The number of nitrogens with two attached hydrogens (primary N) is 1. The van der Waals surface area contributed by atoms with Crippen LogP contribution in [0.15, 0.2) is 18.2 Å². The number of nitrogens with one attached hydrogen (secondary N) is 2. The lowest BCUT2D eigenvalue weighted by atomic mass is 10.1. The van der Waals surface area contributed by atoms with Crippen LogP contribution < -0.4 is 16.6 Å². The minimum Gasteiger partial charge on any atom is -0.351 e. The lowest BCUT2D eigenvalue weighted by Crippen LogP contribution is -2.33. The van der Waals surface area contributed by atoms with E-state index in [0.717, 1.165) is 30.9 Å². The summed E-state index contributed by atoms with van der Waals surface area (Å²) < 4.78 is 0. The zero-order valence-corrected chi connectivity index (χ0v) is 11.4. The minimum atomic E-state index is -0.0136. The molecule has 1 heterocycles. The molecule has 0 unspecified atom stereocenters. The fourth-order valence-electron chi connectivity index (χ4n) is 2.44. The van der Waals surface area contributed by atoms with Crippen LogP contribution in [-0.2, 0) is 0 Å². The SMILES string of the molecule is Cc1cc(NN)ccc1C(=O)NCCN1CCCC1. The number of nitrogen functional groups attached to an aromatic ring is 1. The summed E-state index contributed by atoms with van der Waals surface area (Å²) >= 11 is 0. The molecule has 1 aromatic rings. The van der Waals surface area contributed by atoms with Crippen molar-refractivity contribution in [1.29, 1.82) is 0 Å². The third-order valence-corrected chi connectivity index (χ3v) is 3.55. The van der Waals surface area contributed by atoms with Crippen LogP contribution in [0.4, 0.5) is 5.69 Å². The second kappa shape index (κ2) is 6.54. The highest BCUT2D eigenvalue weighted by molar-refractivity contribution is 5.96. The van der Waals surface area contributed by atoms with Crippen molar-refractivity contribution in [3.8, 4) is 0 Å². The molecule has 1 fully saturated rings. The Morgan fingerprint density at radius 2 is 2.11 bits per heavy atom. The van der Waals surface area contributed by atoms with E-state index in [4.69, 9.17) is 5.84 Å². The number of carbonyl (C=O) groups is 1. The molecular weight excluding hydrogens is 240 g/mol. The summed E-state index contributed by atoms with van der Waals surface area (Å²) in [4.78, 5) is 14.4. The van der Waals surface area contributed by atoms with Crippen molar-refractivity contribution in [3.05, 3.63) is 29.3 Å². The van der Waals surface area contributed by atoms with Crippen LogP contribution in [0.25, 0.3) is 0 Å². The van der Waals surface area contributed by atoms with Gasteiger partial charge in [-0.25, -0.2) is 0 Å². The van der Waals surface area contributed by atoms with E-state index in [9.17, 15) is 4.79 Å². The number of amides is 1. The van der Waals surface area contributed by atoms with Crippen molar-refractivity contribution in [2.24, 2.45) is 5.84 Å². The first kappa shape index (κ1) is 13.8. The predicted molar refractivity (Wildman–Crippen MR) is 77.0 cm³/mol. The largest absolute Gasteiger partial charge is 0.351 e. The van der Waals surface area contributed by atoms with Gasteiger partial charge in [0.25, 0.3) is 5.91 Å². The number of carbonyl (C=O) groups excluding carboxylic acids is 1. The lowest BCUT2D eigenvalue weighted by Gasteiger charge is -2.15. The first-order valence-corrected chi connectivity index (χ1v) is 6.78. The third-order valence-electron chi connectivity index (χ3n) is 3.55. The van der Waals surface area contributed by atoms with Gasteiger partial charge in [0.2, 0.25) is 0 Å². The fraction of sp³-hybridized carbons (Fsp3) is 0.500. The zero-order valence-electron chi connectivity index (χ0n) is 11.4. The van der Waals surface area contributed by atoms with E-state index in [2.05, 4.69) is 15.6 Å². The van der Waals surface area contributed by atoms with E-state index >= 15 is 0 Å². The van der Waals surface area contributed by atoms with Crippen LogP contribution in [0.2, 0.25) is 0 Å². The number of hydrogen-bond acceptors (Lipinski definition) is 4. The van der Waals surface area contributed by atoms with Gasteiger partial charge in [-0.05, 0) is 56.6 Å². The summed E-state index contributed by atoms with van der Waals surface area (Å²) in [6.07, 6.45) is 2.56. The zero-order chi connectivity index (χ0) is 13.7. The van der Waals surface area contributed by atoms with Crippen LogP contribution in [0.1, 0.15) is 28.8 Å². The molecule has 1 amide bonds. The molecule has 19 heavy (non-hydrogen) atoms. The topological polar surface area (TPSA) is 70.4 Å². The highest BCUT2D eigenvalue weighted by atomic mass is 16.1. The van der Waals surface area contributed by atoms with E-state index < -0.39 is 0 Å². The maximum absolute atomic E-state index is 12.1. The first-order valence-electron chi connectivity index (χ1n) is 6.78. The summed E-state index contributed by atoms with van der Waals surface area (Å²) in [7, 11) is 0. The molecule has 5 heteroatoms. The van der Waals surface area contributed by atoms with Crippen molar-refractivity contribution in [1.82, 2.24) is 10.2 Å². The van der Waals surface area contributed by atoms with Crippen molar-refractivity contribution < 1.29 is 4.79 Å². The molecule has 0 aliphatic carbocycles. The van der Waals surface area contributed by atoms with E-state index in [0.29, 0.717) is 12.1 Å². The number of hydrazine groups is 1. The summed E-state index contributed by atoms with van der Waals surface area (Å²) in [5, 5.41) is 2.97. The Hall–Kier alpha value is -1.59. The number of likely N-dealkylation sites (tertiary alicyclic amines) is 1. The Labute approximate surface area is 114 Å². The number of anilines is 1. The van der Waals surface area contributed by atoms with Crippen LogP contribution in [0.5, 0.6) is 0 Å². The quantitative estimate of drug-likeness (QED) is 0.549. The smallest absolute Gasteiger partial charge is 0.251 e. The first-order chi connectivity index (χ1) is 9.20. The minimum absolute atomic E-state index is 0.0136. The van der Waals surface area contributed by atoms with Crippen LogP contribution in [-0.4, -0.2) is 37.0 Å².